The van der Waals surface area contributed by atoms with Crippen LogP contribution in [-0.4, -0.2) is 13.6 Å². The van der Waals surface area contributed by atoms with E-state index in [2.05, 4.69) is 0 Å². The van der Waals surface area contributed by atoms with Gasteiger partial charge < -0.3 is 10.6 Å². The molecule has 0 fully saturated rings. The van der Waals surface area contributed by atoms with Gasteiger partial charge in [-0.3, -0.25) is 0 Å². The maximum Gasteiger partial charge on any atom is 0.123 e. The lowest BCUT2D eigenvalue weighted by atomic mass is 10.0. The summed E-state index contributed by atoms with van der Waals surface area (Å²) in [6.07, 6.45) is 0. The minimum Gasteiger partial charge on any atom is -0.366 e. The smallest absolute Gasteiger partial charge is 0.123 e. The van der Waals surface area contributed by atoms with Crippen LogP contribution in [0.4, 0.5) is 10.1 Å². The van der Waals surface area contributed by atoms with Gasteiger partial charge in [0.25, 0.3) is 0 Å². The number of rotatable bonds is 4. The molecule has 0 radical (unpaired) electrons. The molecule has 4 heteroatoms. The van der Waals surface area contributed by atoms with Crippen LogP contribution in [0.25, 0.3) is 0 Å². The zero-order valence-electron chi connectivity index (χ0n) is 11.6. The second kappa shape index (κ2) is 6.25. The van der Waals surface area contributed by atoms with E-state index < -0.39 is 0 Å². The Bertz CT molecular complexity index is 584. The Hall–Kier alpha value is -1.58. The summed E-state index contributed by atoms with van der Waals surface area (Å²) >= 11 is 6.18. The first-order valence-electron chi connectivity index (χ1n) is 6.47. The number of likely N-dealkylation sites (N-methyl/N-ethyl adjacent to an activating group) is 1. The van der Waals surface area contributed by atoms with E-state index in [1.54, 1.807) is 12.1 Å². The summed E-state index contributed by atoms with van der Waals surface area (Å²) in [5.74, 6) is -0.246. The van der Waals surface area contributed by atoms with Crippen LogP contribution in [-0.2, 0) is 0 Å². The van der Waals surface area contributed by atoms with Crippen LogP contribution >= 0.6 is 11.6 Å². The molecule has 1 unspecified atom stereocenters. The number of benzene rings is 2. The maximum atomic E-state index is 13.0. The van der Waals surface area contributed by atoms with E-state index in [4.69, 9.17) is 17.3 Å². The molecule has 0 aliphatic rings. The van der Waals surface area contributed by atoms with Gasteiger partial charge in [0.2, 0.25) is 0 Å². The zero-order chi connectivity index (χ0) is 14.7. The van der Waals surface area contributed by atoms with Crippen LogP contribution in [0.15, 0.2) is 42.5 Å². The highest BCUT2D eigenvalue weighted by molar-refractivity contribution is 6.31. The Balaban J connectivity index is 2.31. The summed E-state index contributed by atoms with van der Waals surface area (Å²) < 4.78 is 13.0. The third kappa shape index (κ3) is 3.11. The molecule has 2 nitrogen and oxygen atoms in total. The quantitative estimate of drug-likeness (QED) is 0.925. The number of hydrogen-bond acceptors (Lipinski definition) is 2. The average Bonchev–Trinajstić information content (AvgIpc) is 2.44. The van der Waals surface area contributed by atoms with Gasteiger partial charge in [-0.05, 0) is 48.4 Å². The Morgan fingerprint density at radius 3 is 2.40 bits per heavy atom. The summed E-state index contributed by atoms with van der Waals surface area (Å²) in [6, 6.07) is 12.3. The molecular formula is C16H18ClFN2. The van der Waals surface area contributed by atoms with Gasteiger partial charge in [-0.15, -0.1) is 0 Å². The summed E-state index contributed by atoms with van der Waals surface area (Å²) in [6.45, 7) is 2.42. The number of hydrogen-bond donors (Lipinski definition) is 1. The Morgan fingerprint density at radius 1 is 1.20 bits per heavy atom. The fourth-order valence-corrected chi connectivity index (χ4v) is 2.38. The first kappa shape index (κ1) is 14.8. The third-order valence-electron chi connectivity index (χ3n) is 3.51. The molecule has 0 heterocycles. The molecule has 106 valence electrons. The highest BCUT2D eigenvalue weighted by Gasteiger charge is 2.16. The molecule has 0 saturated carbocycles. The standard InChI is InChI=1S/C16H18ClFN2/c1-11-3-4-12(9-15(11)17)16(10-19)20(2)14-7-5-13(18)6-8-14/h3-9,16H,10,19H2,1-2H3. The molecule has 0 aromatic heterocycles. The van der Waals surface area contributed by atoms with Crippen molar-refractivity contribution in [2.75, 3.05) is 18.5 Å². The first-order chi connectivity index (χ1) is 9.52. The third-order valence-corrected chi connectivity index (χ3v) is 3.91. The minimum atomic E-state index is -0.246. The topological polar surface area (TPSA) is 29.3 Å². The van der Waals surface area contributed by atoms with Crippen molar-refractivity contribution in [2.24, 2.45) is 5.73 Å². The lowest BCUT2D eigenvalue weighted by Gasteiger charge is -2.29. The molecule has 20 heavy (non-hydrogen) atoms. The molecule has 0 saturated heterocycles. The molecular weight excluding hydrogens is 275 g/mol. The van der Waals surface area contributed by atoms with E-state index in [0.29, 0.717) is 6.54 Å². The molecule has 0 amide bonds. The van der Waals surface area contributed by atoms with Crippen LogP contribution in [0, 0.1) is 12.7 Å². The Labute approximate surface area is 124 Å². The van der Waals surface area contributed by atoms with Crippen molar-refractivity contribution >= 4 is 17.3 Å². The lowest BCUT2D eigenvalue weighted by molar-refractivity contribution is 0.626. The monoisotopic (exact) mass is 292 g/mol. The predicted octanol–water partition coefficient (Wildman–Crippen LogP) is 3.92. The number of halogens is 2. The van der Waals surface area contributed by atoms with Gasteiger partial charge >= 0.3 is 0 Å². The van der Waals surface area contributed by atoms with Crippen molar-refractivity contribution in [1.29, 1.82) is 0 Å². The van der Waals surface area contributed by atoms with Gasteiger partial charge in [-0.2, -0.15) is 0 Å². The maximum absolute atomic E-state index is 13.0. The summed E-state index contributed by atoms with van der Waals surface area (Å²) in [5, 5.41) is 0.730. The first-order valence-corrected chi connectivity index (χ1v) is 6.85. The van der Waals surface area contributed by atoms with E-state index >= 15 is 0 Å². The molecule has 2 N–H and O–H groups in total. The molecule has 0 aliphatic carbocycles. The van der Waals surface area contributed by atoms with E-state index in [9.17, 15) is 4.39 Å². The Morgan fingerprint density at radius 2 is 1.85 bits per heavy atom. The van der Waals surface area contributed by atoms with Gasteiger partial charge in [-0.25, -0.2) is 4.39 Å². The summed E-state index contributed by atoms with van der Waals surface area (Å²) in [5.41, 5.74) is 8.91. The number of nitrogens with zero attached hydrogens (tertiary/aromatic N) is 1. The molecule has 1 atom stereocenters. The van der Waals surface area contributed by atoms with Gasteiger partial charge in [-0.1, -0.05) is 23.7 Å². The van der Waals surface area contributed by atoms with Crippen LogP contribution < -0.4 is 10.6 Å². The molecule has 2 aromatic rings. The lowest BCUT2D eigenvalue weighted by Crippen LogP contribution is -2.30. The minimum absolute atomic E-state index is 0.00133. The van der Waals surface area contributed by atoms with E-state index in [1.807, 2.05) is 37.1 Å². The van der Waals surface area contributed by atoms with Crippen molar-refractivity contribution in [2.45, 2.75) is 13.0 Å². The van der Waals surface area contributed by atoms with Crippen molar-refractivity contribution in [1.82, 2.24) is 0 Å². The second-order valence-electron chi connectivity index (χ2n) is 4.85. The van der Waals surface area contributed by atoms with Gasteiger partial charge in [0.15, 0.2) is 0 Å². The van der Waals surface area contributed by atoms with Crippen LogP contribution in [0.3, 0.4) is 0 Å². The number of nitrogens with two attached hydrogens (primary N) is 1. The van der Waals surface area contributed by atoms with Crippen LogP contribution in [0.1, 0.15) is 17.2 Å². The van der Waals surface area contributed by atoms with Crippen LogP contribution in [0.5, 0.6) is 0 Å². The largest absolute Gasteiger partial charge is 0.366 e. The second-order valence-corrected chi connectivity index (χ2v) is 5.25. The average molecular weight is 293 g/mol. The molecule has 0 aliphatic heterocycles. The fraction of sp³-hybridized carbons (Fsp3) is 0.250. The molecule has 2 aromatic carbocycles. The van der Waals surface area contributed by atoms with E-state index in [-0.39, 0.29) is 11.9 Å². The number of anilines is 1. The SMILES string of the molecule is Cc1ccc(C(CN)N(C)c2ccc(F)cc2)cc1Cl. The molecule has 0 spiro atoms. The zero-order valence-corrected chi connectivity index (χ0v) is 12.4. The van der Waals surface area contributed by atoms with Gasteiger partial charge in [0, 0.05) is 24.3 Å². The summed E-state index contributed by atoms with van der Waals surface area (Å²) in [4.78, 5) is 2.03. The normalized spacial score (nSPS) is 12.2. The van der Waals surface area contributed by atoms with E-state index in [1.165, 1.54) is 12.1 Å². The van der Waals surface area contributed by atoms with Crippen molar-refractivity contribution in [3.63, 3.8) is 0 Å². The van der Waals surface area contributed by atoms with Gasteiger partial charge in [0.05, 0.1) is 6.04 Å². The molecule has 0 bridgehead atoms. The Kier molecular flexibility index (Phi) is 4.63. The van der Waals surface area contributed by atoms with Crippen molar-refractivity contribution < 1.29 is 4.39 Å². The van der Waals surface area contributed by atoms with Gasteiger partial charge in [0.1, 0.15) is 5.82 Å². The van der Waals surface area contributed by atoms with Crippen molar-refractivity contribution in [3.05, 3.63) is 64.4 Å². The fourth-order valence-electron chi connectivity index (χ4n) is 2.19. The predicted molar refractivity (Wildman–Crippen MR) is 82.8 cm³/mol. The summed E-state index contributed by atoms with van der Waals surface area (Å²) in [7, 11) is 1.94. The number of aryl methyl sites for hydroxylation is 1. The van der Waals surface area contributed by atoms with E-state index in [0.717, 1.165) is 21.8 Å². The highest BCUT2D eigenvalue weighted by atomic mass is 35.5. The van der Waals surface area contributed by atoms with Crippen LogP contribution in [0.2, 0.25) is 5.02 Å². The highest BCUT2D eigenvalue weighted by Crippen LogP contribution is 2.28. The molecule has 2 rings (SSSR count). The van der Waals surface area contributed by atoms with Crippen molar-refractivity contribution in [3.8, 4) is 0 Å².